The third-order valence-electron chi connectivity index (χ3n) is 20.4. The van der Waals surface area contributed by atoms with E-state index in [2.05, 4.69) is 19.2 Å². The van der Waals surface area contributed by atoms with Crippen LogP contribution in [0, 0.1) is 0 Å². The van der Waals surface area contributed by atoms with Crippen molar-refractivity contribution in [3.05, 3.63) is 0 Å². The molecule has 1 aliphatic rings. The molecule has 0 aromatic carbocycles. The zero-order valence-corrected chi connectivity index (χ0v) is 60.6. The number of amides is 1. The van der Waals surface area contributed by atoms with Gasteiger partial charge in [-0.2, -0.15) is 0 Å². The Hall–Kier alpha value is -0.890. The van der Waals surface area contributed by atoms with E-state index in [0.29, 0.717) is 19.3 Å². The first-order valence-electron chi connectivity index (χ1n) is 40.9. The number of aliphatic hydroxyl groups is 7. The summed E-state index contributed by atoms with van der Waals surface area (Å²) in [5.41, 5.74) is 0. The summed E-state index contributed by atoms with van der Waals surface area (Å²) in [4.78, 5) is 13.3. The third-order valence-corrected chi connectivity index (χ3v) is 20.4. The molecule has 0 radical (unpaired) electrons. The van der Waals surface area contributed by atoms with Crippen LogP contribution in [0.4, 0.5) is 0 Å². The summed E-state index contributed by atoms with van der Waals surface area (Å²) in [6.07, 6.45) is 75.1. The van der Waals surface area contributed by atoms with Crippen molar-refractivity contribution < 1.29 is 50.0 Å². The molecule has 1 heterocycles. The number of unbranched alkanes of at least 4 members (excludes halogenated alkanes) is 62. The first-order chi connectivity index (χ1) is 44.7. The number of rotatable bonds is 74. The summed E-state index contributed by atoms with van der Waals surface area (Å²) >= 11 is 0. The van der Waals surface area contributed by atoms with Gasteiger partial charge in [-0.25, -0.2) is 0 Å². The largest absolute Gasteiger partial charge is 0.394 e. The lowest BCUT2D eigenvalue weighted by Gasteiger charge is -2.40. The number of nitrogens with one attached hydrogen (secondary N) is 1. The molecule has 1 amide bonds. The smallest absolute Gasteiger partial charge is 0.249 e. The molecule has 0 aromatic heterocycles. The van der Waals surface area contributed by atoms with Crippen LogP contribution in [0.2, 0.25) is 0 Å². The van der Waals surface area contributed by atoms with Crippen molar-refractivity contribution in [3.8, 4) is 0 Å². The predicted molar refractivity (Wildman–Crippen MR) is 386 cm³/mol. The average molecular weight is 1300 g/mol. The molecule has 544 valence electrons. The van der Waals surface area contributed by atoms with Crippen molar-refractivity contribution in [2.24, 2.45) is 0 Å². The summed E-state index contributed by atoms with van der Waals surface area (Å²) < 4.78 is 11.2. The predicted octanol–water partition coefficient (Wildman–Crippen LogP) is 21.2. The molecule has 1 fully saturated rings. The van der Waals surface area contributed by atoms with Gasteiger partial charge in [0.25, 0.3) is 0 Å². The summed E-state index contributed by atoms with van der Waals surface area (Å²) in [5, 5.41) is 76.8. The lowest BCUT2D eigenvalue weighted by molar-refractivity contribution is -0.303. The second-order valence-electron chi connectivity index (χ2n) is 29.2. The van der Waals surface area contributed by atoms with E-state index in [-0.39, 0.29) is 6.42 Å². The molecule has 0 aliphatic carbocycles. The number of carbonyl (C=O) groups excluding carboxylic acids is 1. The van der Waals surface area contributed by atoms with Gasteiger partial charge >= 0.3 is 0 Å². The van der Waals surface area contributed by atoms with Gasteiger partial charge in [0.05, 0.1) is 25.4 Å². The maximum atomic E-state index is 13.3. The van der Waals surface area contributed by atoms with E-state index >= 15 is 0 Å². The van der Waals surface area contributed by atoms with Gasteiger partial charge in [-0.1, -0.05) is 425 Å². The molecule has 11 heteroatoms. The highest BCUT2D eigenvalue weighted by molar-refractivity contribution is 5.80. The van der Waals surface area contributed by atoms with E-state index in [1.54, 1.807) is 0 Å². The summed E-state index contributed by atoms with van der Waals surface area (Å²) in [6, 6.07) is -1.17. The second kappa shape index (κ2) is 69.0. The molecule has 9 atom stereocenters. The molecular formula is C80H159NO10. The molecule has 8 N–H and O–H groups in total. The molecule has 0 aromatic rings. The van der Waals surface area contributed by atoms with E-state index in [9.17, 15) is 40.5 Å². The fourth-order valence-electron chi connectivity index (χ4n) is 13.9. The molecule has 9 unspecified atom stereocenters. The highest BCUT2D eigenvalue weighted by Crippen LogP contribution is 2.25. The average Bonchev–Trinajstić information content (AvgIpc) is 1.05. The molecule has 0 bridgehead atoms. The Morgan fingerprint density at radius 3 is 0.813 bits per heavy atom. The van der Waals surface area contributed by atoms with Gasteiger partial charge in [0, 0.05) is 0 Å². The summed E-state index contributed by atoms with van der Waals surface area (Å²) in [5.74, 6) is -0.685. The number of ether oxygens (including phenoxy) is 2. The van der Waals surface area contributed by atoms with Crippen molar-refractivity contribution in [2.75, 3.05) is 13.2 Å². The zero-order chi connectivity index (χ0) is 66.0. The lowest BCUT2D eigenvalue weighted by Crippen LogP contribution is -2.60. The van der Waals surface area contributed by atoms with Crippen LogP contribution in [0.3, 0.4) is 0 Å². The number of aliphatic hydroxyl groups excluding tert-OH is 7. The van der Waals surface area contributed by atoms with E-state index in [4.69, 9.17) is 9.47 Å². The van der Waals surface area contributed by atoms with Crippen LogP contribution in [0.25, 0.3) is 0 Å². The molecule has 0 spiro atoms. The molecule has 91 heavy (non-hydrogen) atoms. The second-order valence-corrected chi connectivity index (χ2v) is 29.2. The summed E-state index contributed by atoms with van der Waals surface area (Å²) in [7, 11) is 0. The van der Waals surface area contributed by atoms with Crippen LogP contribution in [0.15, 0.2) is 0 Å². The van der Waals surface area contributed by atoms with Crippen molar-refractivity contribution in [1.29, 1.82) is 0 Å². The standard InChI is InChI=1S/C80H159NO10/c1-3-5-7-9-11-13-15-17-19-21-23-25-27-29-31-33-35-36-37-38-40-42-44-46-48-50-52-54-56-58-60-62-64-66-68-73(84)79(89)81-71(70-90-80-78(88)77(87)76(86)74(69-82)91-80)75(85)72(83)67-65-63-61-59-57-55-53-51-49-47-45-43-41-39-34-32-30-28-26-24-22-20-18-16-14-12-10-8-6-4-2/h71-78,80,82-88H,3-70H2,1-2H3,(H,81,89). The first-order valence-corrected chi connectivity index (χ1v) is 40.9. The Labute approximate surface area is 564 Å². The van der Waals surface area contributed by atoms with E-state index < -0.39 is 74.2 Å². The van der Waals surface area contributed by atoms with Gasteiger partial charge in [0.1, 0.15) is 36.6 Å². The van der Waals surface area contributed by atoms with Crippen molar-refractivity contribution >= 4 is 5.91 Å². The van der Waals surface area contributed by atoms with Gasteiger partial charge < -0.3 is 50.5 Å². The first kappa shape index (κ1) is 88.1. The number of hydrogen-bond donors (Lipinski definition) is 8. The Bertz CT molecular complexity index is 1440. The molecule has 1 saturated heterocycles. The normalized spacial score (nSPS) is 18.3. The molecule has 1 rings (SSSR count). The minimum atomic E-state index is -1.66. The van der Waals surface area contributed by atoms with Crippen molar-refractivity contribution in [2.45, 2.75) is 493 Å². The highest BCUT2D eigenvalue weighted by atomic mass is 16.7. The molecule has 11 nitrogen and oxygen atoms in total. The quantitative estimate of drug-likeness (QED) is 0.0272. The number of hydrogen-bond acceptors (Lipinski definition) is 10. The fourth-order valence-corrected chi connectivity index (χ4v) is 13.9. The van der Waals surface area contributed by atoms with E-state index in [1.807, 2.05) is 0 Å². The Morgan fingerprint density at radius 1 is 0.341 bits per heavy atom. The van der Waals surface area contributed by atoms with Crippen LogP contribution >= 0.6 is 0 Å². The highest BCUT2D eigenvalue weighted by Gasteiger charge is 2.44. The molecular weight excluding hydrogens is 1130 g/mol. The van der Waals surface area contributed by atoms with Crippen LogP contribution in [0.5, 0.6) is 0 Å². The van der Waals surface area contributed by atoms with Gasteiger partial charge in [0.2, 0.25) is 5.91 Å². The maximum absolute atomic E-state index is 13.3. The fraction of sp³-hybridized carbons (Fsp3) is 0.988. The minimum absolute atomic E-state index is 0.268. The summed E-state index contributed by atoms with van der Waals surface area (Å²) in [6.45, 7) is 3.55. The minimum Gasteiger partial charge on any atom is -0.394 e. The lowest BCUT2D eigenvalue weighted by atomic mass is 9.98. The third kappa shape index (κ3) is 55.8. The topological polar surface area (TPSA) is 189 Å². The molecule has 0 saturated carbocycles. The monoisotopic (exact) mass is 1290 g/mol. The van der Waals surface area contributed by atoms with Gasteiger partial charge in [-0.05, 0) is 12.8 Å². The van der Waals surface area contributed by atoms with Crippen molar-refractivity contribution in [3.63, 3.8) is 0 Å². The Kier molecular flexibility index (Phi) is 66.8. The van der Waals surface area contributed by atoms with Crippen LogP contribution in [0.1, 0.15) is 438 Å². The molecule has 1 aliphatic heterocycles. The van der Waals surface area contributed by atoms with Gasteiger partial charge in [-0.3, -0.25) is 4.79 Å². The van der Waals surface area contributed by atoms with Gasteiger partial charge in [-0.15, -0.1) is 0 Å². The van der Waals surface area contributed by atoms with Crippen LogP contribution in [-0.2, 0) is 14.3 Å². The van der Waals surface area contributed by atoms with E-state index in [0.717, 1.165) is 38.5 Å². The Morgan fingerprint density at radius 2 is 0.571 bits per heavy atom. The SMILES string of the molecule is CCCCCCCCCCCCCCCCCCCCCCCCCCCCCCCCCCCCC(O)C(=O)NC(COC1OC(CO)C(O)C(O)C1O)C(O)C(O)CCCCCCCCCCCCCCCCCCCCCCCCCCCCCCCC. The van der Waals surface area contributed by atoms with Crippen LogP contribution < -0.4 is 5.32 Å². The van der Waals surface area contributed by atoms with Gasteiger partial charge in [0.15, 0.2) is 6.29 Å². The van der Waals surface area contributed by atoms with Crippen molar-refractivity contribution in [1.82, 2.24) is 5.32 Å². The maximum Gasteiger partial charge on any atom is 0.249 e. The van der Waals surface area contributed by atoms with Crippen LogP contribution in [-0.4, -0.2) is 110 Å². The Balaban J connectivity index is 2.11. The zero-order valence-electron chi connectivity index (χ0n) is 60.6. The number of carbonyl (C=O) groups is 1. The van der Waals surface area contributed by atoms with E-state index in [1.165, 1.54) is 360 Å².